The van der Waals surface area contributed by atoms with Crippen molar-refractivity contribution in [2.45, 2.75) is 13.8 Å². The van der Waals surface area contributed by atoms with E-state index < -0.39 is 0 Å². The SMILES string of the molecule is Cc1ccc(-n2[nH]c(-c3ccncc3)cc2=O)cc1C. The van der Waals surface area contributed by atoms with Gasteiger partial charge in [0, 0.05) is 24.0 Å². The first-order chi connectivity index (χ1) is 9.65. The fourth-order valence-corrected chi connectivity index (χ4v) is 2.13. The molecule has 3 rings (SSSR count). The van der Waals surface area contributed by atoms with Crippen molar-refractivity contribution in [1.82, 2.24) is 14.8 Å². The number of aromatic amines is 1. The topological polar surface area (TPSA) is 50.7 Å². The molecule has 0 spiro atoms. The zero-order chi connectivity index (χ0) is 14.1. The van der Waals surface area contributed by atoms with Crippen molar-refractivity contribution in [1.29, 1.82) is 0 Å². The molecule has 2 heterocycles. The summed E-state index contributed by atoms with van der Waals surface area (Å²) in [5.74, 6) is 0. The summed E-state index contributed by atoms with van der Waals surface area (Å²) >= 11 is 0. The van der Waals surface area contributed by atoms with E-state index in [-0.39, 0.29) is 5.56 Å². The van der Waals surface area contributed by atoms with Crippen molar-refractivity contribution < 1.29 is 0 Å². The van der Waals surface area contributed by atoms with Crippen molar-refractivity contribution in [2.75, 3.05) is 0 Å². The predicted octanol–water partition coefficient (Wildman–Crippen LogP) is 2.84. The Kier molecular flexibility index (Phi) is 2.99. The molecule has 0 aliphatic heterocycles. The smallest absolute Gasteiger partial charge is 0.271 e. The maximum atomic E-state index is 12.1. The van der Waals surface area contributed by atoms with E-state index in [9.17, 15) is 4.79 Å². The second-order valence-electron chi connectivity index (χ2n) is 4.85. The van der Waals surface area contributed by atoms with Gasteiger partial charge in [0.2, 0.25) is 0 Å². The lowest BCUT2D eigenvalue weighted by atomic mass is 10.1. The average Bonchev–Trinajstić information content (AvgIpc) is 2.85. The first kappa shape index (κ1) is 12.4. The van der Waals surface area contributed by atoms with Crippen LogP contribution in [0.25, 0.3) is 16.9 Å². The molecule has 0 saturated carbocycles. The minimum absolute atomic E-state index is 0.0694. The van der Waals surface area contributed by atoms with Gasteiger partial charge in [-0.1, -0.05) is 6.07 Å². The molecule has 0 atom stereocenters. The fourth-order valence-electron chi connectivity index (χ4n) is 2.13. The van der Waals surface area contributed by atoms with Gasteiger partial charge < -0.3 is 0 Å². The summed E-state index contributed by atoms with van der Waals surface area (Å²) in [5.41, 5.74) is 4.88. The Hall–Kier alpha value is -2.62. The zero-order valence-corrected chi connectivity index (χ0v) is 11.4. The first-order valence-electron chi connectivity index (χ1n) is 6.45. The molecule has 100 valence electrons. The maximum Gasteiger partial charge on any atom is 0.271 e. The molecule has 0 bridgehead atoms. The van der Waals surface area contributed by atoms with Crippen LogP contribution in [0.5, 0.6) is 0 Å². The van der Waals surface area contributed by atoms with E-state index in [4.69, 9.17) is 0 Å². The van der Waals surface area contributed by atoms with Crippen molar-refractivity contribution in [2.24, 2.45) is 0 Å². The number of H-pyrrole nitrogens is 1. The number of nitrogens with one attached hydrogen (secondary N) is 1. The average molecular weight is 265 g/mol. The molecule has 0 radical (unpaired) electrons. The number of nitrogens with zero attached hydrogens (tertiary/aromatic N) is 2. The van der Waals surface area contributed by atoms with Crippen molar-refractivity contribution in [3.8, 4) is 16.9 Å². The van der Waals surface area contributed by atoms with Crippen molar-refractivity contribution >= 4 is 0 Å². The summed E-state index contributed by atoms with van der Waals surface area (Å²) in [4.78, 5) is 16.1. The third kappa shape index (κ3) is 2.16. The van der Waals surface area contributed by atoms with Gasteiger partial charge in [0.1, 0.15) is 0 Å². The predicted molar refractivity (Wildman–Crippen MR) is 79.1 cm³/mol. The minimum atomic E-state index is -0.0694. The summed E-state index contributed by atoms with van der Waals surface area (Å²) in [5, 5.41) is 3.14. The molecule has 4 nitrogen and oxygen atoms in total. The zero-order valence-electron chi connectivity index (χ0n) is 11.4. The van der Waals surface area contributed by atoms with E-state index in [1.807, 2.05) is 37.3 Å². The molecule has 2 aromatic heterocycles. The quantitative estimate of drug-likeness (QED) is 0.774. The van der Waals surface area contributed by atoms with Gasteiger partial charge in [0.15, 0.2) is 0 Å². The van der Waals surface area contributed by atoms with Gasteiger partial charge >= 0.3 is 0 Å². The summed E-state index contributed by atoms with van der Waals surface area (Å²) in [7, 11) is 0. The lowest BCUT2D eigenvalue weighted by molar-refractivity contribution is 0.850. The van der Waals surface area contributed by atoms with Gasteiger partial charge in [-0.05, 0) is 49.2 Å². The van der Waals surface area contributed by atoms with Gasteiger partial charge in [-0.2, -0.15) is 0 Å². The summed E-state index contributed by atoms with van der Waals surface area (Å²) in [6.07, 6.45) is 3.42. The molecule has 1 aromatic carbocycles. The highest BCUT2D eigenvalue weighted by Crippen LogP contribution is 2.16. The largest absolute Gasteiger partial charge is 0.290 e. The van der Waals surface area contributed by atoms with E-state index in [1.165, 1.54) is 5.56 Å². The molecule has 1 N–H and O–H groups in total. The highest BCUT2D eigenvalue weighted by Gasteiger charge is 2.07. The van der Waals surface area contributed by atoms with E-state index in [0.717, 1.165) is 22.5 Å². The molecule has 0 unspecified atom stereocenters. The highest BCUT2D eigenvalue weighted by molar-refractivity contribution is 5.58. The number of hydrogen-bond donors (Lipinski definition) is 1. The van der Waals surface area contributed by atoms with Crippen LogP contribution in [-0.4, -0.2) is 14.8 Å². The monoisotopic (exact) mass is 265 g/mol. The standard InChI is InChI=1S/C16H15N3O/c1-11-3-4-14(9-12(11)2)19-16(20)10-15(18-19)13-5-7-17-8-6-13/h3-10,18H,1-2H3. The Morgan fingerprint density at radius 1 is 1.00 bits per heavy atom. The molecular weight excluding hydrogens is 250 g/mol. The second-order valence-corrected chi connectivity index (χ2v) is 4.85. The normalized spacial score (nSPS) is 10.7. The van der Waals surface area contributed by atoms with Gasteiger partial charge in [-0.3, -0.25) is 14.9 Å². The minimum Gasteiger partial charge on any atom is -0.290 e. The van der Waals surface area contributed by atoms with Crippen LogP contribution in [0.4, 0.5) is 0 Å². The van der Waals surface area contributed by atoms with Gasteiger partial charge in [-0.25, -0.2) is 4.68 Å². The van der Waals surface area contributed by atoms with E-state index in [1.54, 1.807) is 23.1 Å². The third-order valence-electron chi connectivity index (χ3n) is 3.46. The van der Waals surface area contributed by atoms with Crippen LogP contribution < -0.4 is 5.56 Å². The number of aryl methyl sites for hydroxylation is 2. The van der Waals surface area contributed by atoms with E-state index >= 15 is 0 Å². The van der Waals surface area contributed by atoms with Crippen molar-refractivity contribution in [3.05, 3.63) is 70.3 Å². The number of hydrogen-bond acceptors (Lipinski definition) is 2. The van der Waals surface area contributed by atoms with Crippen LogP contribution in [0.15, 0.2) is 53.6 Å². The Morgan fingerprint density at radius 2 is 1.75 bits per heavy atom. The van der Waals surface area contributed by atoms with Crippen LogP contribution in [0.1, 0.15) is 11.1 Å². The fraction of sp³-hybridized carbons (Fsp3) is 0.125. The van der Waals surface area contributed by atoms with Crippen LogP contribution >= 0.6 is 0 Å². The van der Waals surface area contributed by atoms with Gasteiger partial charge in [-0.15, -0.1) is 0 Å². The molecule has 0 aliphatic carbocycles. The number of rotatable bonds is 2. The summed E-state index contributed by atoms with van der Waals surface area (Å²) < 4.78 is 1.56. The highest BCUT2D eigenvalue weighted by atomic mass is 16.1. The van der Waals surface area contributed by atoms with E-state index in [2.05, 4.69) is 17.0 Å². The molecule has 20 heavy (non-hydrogen) atoms. The van der Waals surface area contributed by atoms with E-state index in [0.29, 0.717) is 0 Å². The Labute approximate surface area is 116 Å². The molecule has 3 aromatic rings. The number of aromatic nitrogens is 3. The molecule has 0 fully saturated rings. The maximum absolute atomic E-state index is 12.1. The van der Waals surface area contributed by atoms with Gasteiger partial charge in [0.25, 0.3) is 5.56 Å². The lowest BCUT2D eigenvalue weighted by Gasteiger charge is -2.05. The van der Waals surface area contributed by atoms with Crippen LogP contribution in [-0.2, 0) is 0 Å². The Morgan fingerprint density at radius 3 is 2.45 bits per heavy atom. The molecular formula is C16H15N3O. The summed E-state index contributed by atoms with van der Waals surface area (Å²) in [6.45, 7) is 4.09. The third-order valence-corrected chi connectivity index (χ3v) is 3.46. The molecule has 0 aliphatic rings. The van der Waals surface area contributed by atoms with Crippen molar-refractivity contribution in [3.63, 3.8) is 0 Å². The Balaban J connectivity index is 2.10. The number of benzene rings is 1. The molecule has 0 saturated heterocycles. The van der Waals surface area contributed by atoms with Gasteiger partial charge in [0.05, 0.1) is 11.4 Å². The first-order valence-corrected chi connectivity index (χ1v) is 6.45. The molecule has 0 amide bonds. The second kappa shape index (κ2) is 4.81. The van der Waals surface area contributed by atoms with Crippen LogP contribution in [0.3, 0.4) is 0 Å². The lowest BCUT2D eigenvalue weighted by Crippen LogP contribution is -2.13. The van der Waals surface area contributed by atoms with Crippen LogP contribution in [0.2, 0.25) is 0 Å². The Bertz CT molecular complexity index is 800. The summed E-state index contributed by atoms with van der Waals surface area (Å²) in [6, 6.07) is 11.3. The van der Waals surface area contributed by atoms with Crippen LogP contribution in [0, 0.1) is 13.8 Å². The molecule has 4 heteroatoms. The number of pyridine rings is 1.